The highest BCUT2D eigenvalue weighted by atomic mass is 16.2. The number of hydrogen-bond donors (Lipinski definition) is 3. The number of carbonyl (C=O) groups is 1. The van der Waals surface area contributed by atoms with Gasteiger partial charge in [-0.15, -0.1) is 6.58 Å². The molecule has 1 aliphatic rings. The van der Waals surface area contributed by atoms with Crippen LogP contribution in [0, 0.1) is 11.8 Å². The molecule has 10 nitrogen and oxygen atoms in total. The van der Waals surface area contributed by atoms with Crippen molar-refractivity contribution in [2.24, 2.45) is 14.1 Å². The van der Waals surface area contributed by atoms with Gasteiger partial charge in [0.25, 0.3) is 11.5 Å². The number of imidazole rings is 1. The standard InChI is InChI=1S/C28H30N8O2/c1-5-13-31-26-24(25(29)33-35(26)4)27(37)32-17(2)22-14-19-8-6-7-18(9-10-21-15-30-16-34(21)3)23(19)28(38)36(22)20-11-12-20/h5-8,14-17,20,31H,1,11-13H2,2-4H3,(H2,29,33)(H,32,37). The Morgan fingerprint density at radius 3 is 2.79 bits per heavy atom. The van der Waals surface area contributed by atoms with Gasteiger partial charge in [0, 0.05) is 37.9 Å². The fraction of sp³-hybridized carbons (Fsp3) is 0.286. The summed E-state index contributed by atoms with van der Waals surface area (Å²) in [5.41, 5.74) is 8.38. The van der Waals surface area contributed by atoms with Gasteiger partial charge in [-0.05, 0) is 43.2 Å². The third kappa shape index (κ3) is 4.54. The maximum Gasteiger partial charge on any atom is 0.260 e. The number of aromatic nitrogens is 5. The predicted molar refractivity (Wildman–Crippen MR) is 148 cm³/mol. The summed E-state index contributed by atoms with van der Waals surface area (Å²) in [6.07, 6.45) is 6.88. The van der Waals surface area contributed by atoms with Crippen molar-refractivity contribution in [3.63, 3.8) is 0 Å². The van der Waals surface area contributed by atoms with Gasteiger partial charge in [-0.25, -0.2) is 4.98 Å². The first-order valence-corrected chi connectivity index (χ1v) is 12.4. The maximum atomic E-state index is 13.9. The summed E-state index contributed by atoms with van der Waals surface area (Å²) in [5.74, 6) is 6.53. The van der Waals surface area contributed by atoms with Crippen molar-refractivity contribution in [2.75, 3.05) is 17.6 Å². The van der Waals surface area contributed by atoms with E-state index in [0.29, 0.717) is 23.3 Å². The largest absolute Gasteiger partial charge is 0.381 e. The Kier molecular flexibility index (Phi) is 6.51. The van der Waals surface area contributed by atoms with Crippen LogP contribution in [-0.2, 0) is 14.1 Å². The minimum Gasteiger partial charge on any atom is -0.381 e. The molecule has 0 bridgehead atoms. The van der Waals surface area contributed by atoms with Crippen molar-refractivity contribution in [3.05, 3.63) is 82.3 Å². The Bertz CT molecular complexity index is 1680. The van der Waals surface area contributed by atoms with Crippen LogP contribution in [-0.4, -0.2) is 36.4 Å². The van der Waals surface area contributed by atoms with Crippen LogP contribution < -0.4 is 21.9 Å². The van der Waals surface area contributed by atoms with Gasteiger partial charge >= 0.3 is 0 Å². The highest BCUT2D eigenvalue weighted by molar-refractivity contribution is 6.03. The first kappa shape index (κ1) is 24.9. The second-order valence-electron chi connectivity index (χ2n) is 9.48. The van der Waals surface area contributed by atoms with Crippen molar-refractivity contribution < 1.29 is 4.79 Å². The normalized spacial score (nSPS) is 13.6. The lowest BCUT2D eigenvalue weighted by molar-refractivity contribution is 0.0940. The van der Waals surface area contributed by atoms with Gasteiger partial charge in [0.05, 0.1) is 24.0 Å². The van der Waals surface area contributed by atoms with Gasteiger partial charge in [-0.3, -0.25) is 14.3 Å². The molecule has 0 spiro atoms. The topological polar surface area (TPSA) is 125 Å². The van der Waals surface area contributed by atoms with Gasteiger partial charge in [0.1, 0.15) is 17.1 Å². The Balaban J connectivity index is 1.54. The molecule has 1 aromatic carbocycles. The van der Waals surface area contributed by atoms with E-state index in [-0.39, 0.29) is 28.9 Å². The first-order valence-electron chi connectivity index (χ1n) is 12.4. The van der Waals surface area contributed by atoms with E-state index in [9.17, 15) is 9.59 Å². The van der Waals surface area contributed by atoms with Crippen molar-refractivity contribution in [3.8, 4) is 11.8 Å². The molecule has 1 atom stereocenters. The zero-order valence-corrected chi connectivity index (χ0v) is 21.7. The van der Waals surface area contributed by atoms with Crippen molar-refractivity contribution in [1.82, 2.24) is 29.2 Å². The van der Waals surface area contributed by atoms with Crippen LogP contribution in [0.25, 0.3) is 10.8 Å². The Labute approximate surface area is 220 Å². The molecule has 1 amide bonds. The quantitative estimate of drug-likeness (QED) is 0.259. The molecule has 0 saturated heterocycles. The number of rotatable bonds is 7. The number of pyridine rings is 1. The summed E-state index contributed by atoms with van der Waals surface area (Å²) in [6.45, 7) is 6.02. The molecule has 1 unspecified atom stereocenters. The van der Waals surface area contributed by atoms with Crippen molar-refractivity contribution in [2.45, 2.75) is 31.8 Å². The van der Waals surface area contributed by atoms with Crippen LogP contribution in [0.5, 0.6) is 0 Å². The zero-order valence-electron chi connectivity index (χ0n) is 21.7. The number of amides is 1. The summed E-state index contributed by atoms with van der Waals surface area (Å²) < 4.78 is 5.17. The number of nitrogen functional groups attached to an aromatic ring is 1. The number of fused-ring (bicyclic) bond motifs is 1. The van der Waals surface area contributed by atoms with Crippen LogP contribution in [0.3, 0.4) is 0 Å². The highest BCUT2D eigenvalue weighted by Gasteiger charge is 2.31. The number of benzene rings is 1. The Hall–Kier alpha value is -4.78. The van der Waals surface area contributed by atoms with E-state index in [4.69, 9.17) is 5.73 Å². The predicted octanol–water partition coefficient (Wildman–Crippen LogP) is 2.87. The van der Waals surface area contributed by atoms with E-state index in [1.165, 1.54) is 4.68 Å². The number of hydrogen-bond acceptors (Lipinski definition) is 6. The fourth-order valence-corrected chi connectivity index (χ4v) is 4.63. The lowest BCUT2D eigenvalue weighted by Gasteiger charge is -2.21. The highest BCUT2D eigenvalue weighted by Crippen LogP contribution is 2.37. The number of carbonyl (C=O) groups excluding carboxylic acids is 1. The van der Waals surface area contributed by atoms with E-state index in [2.05, 4.69) is 39.1 Å². The molecule has 194 valence electrons. The number of nitrogens with one attached hydrogen (secondary N) is 2. The Morgan fingerprint density at radius 2 is 2.11 bits per heavy atom. The van der Waals surface area contributed by atoms with Crippen LogP contribution in [0.2, 0.25) is 0 Å². The Morgan fingerprint density at radius 1 is 1.32 bits per heavy atom. The van der Waals surface area contributed by atoms with Crippen LogP contribution >= 0.6 is 0 Å². The van der Waals surface area contributed by atoms with Gasteiger partial charge in [-0.1, -0.05) is 24.1 Å². The molecule has 3 aromatic heterocycles. The molecule has 0 aliphatic heterocycles. The third-order valence-corrected chi connectivity index (χ3v) is 6.67. The van der Waals surface area contributed by atoms with Gasteiger partial charge in [0.15, 0.2) is 5.82 Å². The van der Waals surface area contributed by atoms with Gasteiger partial charge < -0.3 is 25.5 Å². The molecule has 0 radical (unpaired) electrons. The minimum absolute atomic E-state index is 0.0904. The smallest absolute Gasteiger partial charge is 0.260 e. The van der Waals surface area contributed by atoms with Gasteiger partial charge in [-0.2, -0.15) is 5.10 Å². The van der Waals surface area contributed by atoms with Crippen molar-refractivity contribution >= 4 is 28.3 Å². The number of aryl methyl sites for hydroxylation is 2. The monoisotopic (exact) mass is 510 g/mol. The molecule has 1 aliphatic carbocycles. The molecule has 1 saturated carbocycles. The molecule has 10 heteroatoms. The second kappa shape index (κ2) is 9.94. The average molecular weight is 511 g/mol. The van der Waals surface area contributed by atoms with Crippen LogP contribution in [0.1, 0.15) is 59.2 Å². The molecule has 1 fully saturated rings. The molecule has 5 rings (SSSR count). The van der Waals surface area contributed by atoms with Crippen LogP contribution in [0.4, 0.5) is 11.6 Å². The lowest BCUT2D eigenvalue weighted by Crippen LogP contribution is -2.33. The summed E-state index contributed by atoms with van der Waals surface area (Å²) in [6, 6.07) is 7.25. The molecule has 4 aromatic rings. The molecule has 38 heavy (non-hydrogen) atoms. The molecule has 3 heterocycles. The molecular weight excluding hydrogens is 480 g/mol. The van der Waals surface area contributed by atoms with E-state index < -0.39 is 6.04 Å². The summed E-state index contributed by atoms with van der Waals surface area (Å²) in [4.78, 5) is 31.3. The van der Waals surface area contributed by atoms with E-state index in [0.717, 1.165) is 29.6 Å². The van der Waals surface area contributed by atoms with E-state index >= 15 is 0 Å². The average Bonchev–Trinajstić information content (AvgIpc) is 3.57. The fourth-order valence-electron chi connectivity index (χ4n) is 4.63. The summed E-state index contributed by atoms with van der Waals surface area (Å²) in [7, 11) is 3.59. The van der Waals surface area contributed by atoms with E-state index in [1.54, 1.807) is 25.6 Å². The SMILES string of the molecule is C=CCNc1c(C(=O)NC(C)c2cc3cccc(C#Cc4cncn4C)c3c(=O)n2C2CC2)c(N)nn1C. The minimum atomic E-state index is -0.462. The summed E-state index contributed by atoms with van der Waals surface area (Å²) in [5, 5.41) is 11.7. The molecular formula is C28H30N8O2. The van der Waals surface area contributed by atoms with Crippen LogP contribution in [0.15, 0.2) is 54.2 Å². The van der Waals surface area contributed by atoms with E-state index in [1.807, 2.05) is 47.4 Å². The summed E-state index contributed by atoms with van der Waals surface area (Å²) >= 11 is 0. The number of anilines is 2. The van der Waals surface area contributed by atoms with Gasteiger partial charge in [0.2, 0.25) is 0 Å². The maximum absolute atomic E-state index is 13.9. The van der Waals surface area contributed by atoms with Crippen molar-refractivity contribution in [1.29, 1.82) is 0 Å². The number of nitrogens with zero attached hydrogens (tertiary/aromatic N) is 5. The zero-order chi connectivity index (χ0) is 27.0. The molecule has 4 N–H and O–H groups in total. The first-order chi connectivity index (χ1) is 18.3. The third-order valence-electron chi connectivity index (χ3n) is 6.67. The second-order valence-corrected chi connectivity index (χ2v) is 9.48. The number of nitrogens with two attached hydrogens (primary N) is 1. The lowest BCUT2D eigenvalue weighted by atomic mass is 10.0.